The maximum Gasteiger partial charge on any atom is 0.337 e. The second-order valence-electron chi connectivity index (χ2n) is 4.52. The van der Waals surface area contributed by atoms with Crippen molar-refractivity contribution in [3.63, 3.8) is 0 Å². The first-order valence-corrected chi connectivity index (χ1v) is 5.92. The topological polar surface area (TPSA) is 59.4 Å². The van der Waals surface area contributed by atoms with Crippen molar-refractivity contribution in [1.82, 2.24) is 4.98 Å². The van der Waals surface area contributed by atoms with Crippen LogP contribution in [0, 0.1) is 20.8 Å². The summed E-state index contributed by atoms with van der Waals surface area (Å²) in [6.45, 7) is 5.75. The standard InChI is InChI=1S/C15H15NO3/c1-9-4-5-13(10(2)6-9)19-14-11(3)7-12(8-16-14)15(17)18/h4-8H,1-3H3,(H,17,18). The van der Waals surface area contributed by atoms with Gasteiger partial charge in [-0.3, -0.25) is 0 Å². The normalized spacial score (nSPS) is 10.3. The summed E-state index contributed by atoms with van der Waals surface area (Å²) in [6, 6.07) is 7.42. The van der Waals surface area contributed by atoms with Crippen LogP contribution >= 0.6 is 0 Å². The van der Waals surface area contributed by atoms with Crippen molar-refractivity contribution in [2.75, 3.05) is 0 Å². The lowest BCUT2D eigenvalue weighted by Crippen LogP contribution is -2.00. The van der Waals surface area contributed by atoms with E-state index < -0.39 is 5.97 Å². The Morgan fingerprint density at radius 1 is 1.16 bits per heavy atom. The Labute approximate surface area is 111 Å². The van der Waals surface area contributed by atoms with Gasteiger partial charge < -0.3 is 9.84 Å². The highest BCUT2D eigenvalue weighted by Crippen LogP contribution is 2.26. The number of ether oxygens (including phenoxy) is 1. The lowest BCUT2D eigenvalue weighted by molar-refractivity contribution is 0.0696. The third kappa shape index (κ3) is 2.91. The van der Waals surface area contributed by atoms with Gasteiger partial charge in [0.25, 0.3) is 0 Å². The van der Waals surface area contributed by atoms with Gasteiger partial charge in [0.15, 0.2) is 0 Å². The van der Waals surface area contributed by atoms with Gasteiger partial charge in [-0.2, -0.15) is 0 Å². The molecule has 0 amide bonds. The third-order valence-corrected chi connectivity index (χ3v) is 2.81. The number of carboxylic acids is 1. The zero-order chi connectivity index (χ0) is 14.0. The molecule has 2 rings (SSSR count). The van der Waals surface area contributed by atoms with Crippen LogP contribution in [-0.4, -0.2) is 16.1 Å². The number of aromatic nitrogens is 1. The van der Waals surface area contributed by atoms with E-state index in [1.54, 1.807) is 13.0 Å². The molecule has 1 aromatic heterocycles. The highest BCUT2D eigenvalue weighted by Gasteiger charge is 2.09. The Hall–Kier alpha value is -2.36. The molecule has 0 bridgehead atoms. The molecule has 0 aliphatic carbocycles. The van der Waals surface area contributed by atoms with Gasteiger partial charge in [-0.05, 0) is 38.5 Å². The van der Waals surface area contributed by atoms with Gasteiger partial charge in [0.05, 0.1) is 5.56 Å². The van der Waals surface area contributed by atoms with E-state index in [4.69, 9.17) is 9.84 Å². The van der Waals surface area contributed by atoms with Gasteiger partial charge in [-0.15, -0.1) is 0 Å². The van der Waals surface area contributed by atoms with Crippen molar-refractivity contribution in [3.8, 4) is 11.6 Å². The van der Waals surface area contributed by atoms with E-state index >= 15 is 0 Å². The molecule has 0 aliphatic heterocycles. The lowest BCUT2D eigenvalue weighted by atomic mass is 10.1. The maximum absolute atomic E-state index is 10.8. The van der Waals surface area contributed by atoms with Crippen LogP contribution in [0.25, 0.3) is 0 Å². The summed E-state index contributed by atoms with van der Waals surface area (Å²) in [5.41, 5.74) is 3.03. The smallest absolute Gasteiger partial charge is 0.337 e. The van der Waals surface area contributed by atoms with Crippen molar-refractivity contribution >= 4 is 5.97 Å². The number of aryl methyl sites for hydroxylation is 3. The molecule has 0 atom stereocenters. The minimum absolute atomic E-state index is 0.158. The van der Waals surface area contributed by atoms with Crippen LogP contribution in [0.4, 0.5) is 0 Å². The quantitative estimate of drug-likeness (QED) is 0.914. The zero-order valence-electron chi connectivity index (χ0n) is 11.1. The molecule has 2 aromatic rings. The second kappa shape index (κ2) is 5.10. The van der Waals surface area contributed by atoms with Crippen LogP contribution in [-0.2, 0) is 0 Å². The fraction of sp³-hybridized carbons (Fsp3) is 0.200. The molecular formula is C15H15NO3. The van der Waals surface area contributed by atoms with E-state index in [1.165, 1.54) is 6.20 Å². The van der Waals surface area contributed by atoms with Crippen molar-refractivity contribution in [2.24, 2.45) is 0 Å². The molecule has 0 fully saturated rings. The molecule has 0 spiro atoms. The molecule has 1 heterocycles. The van der Waals surface area contributed by atoms with E-state index in [-0.39, 0.29) is 5.56 Å². The lowest BCUT2D eigenvalue weighted by Gasteiger charge is -2.10. The molecule has 98 valence electrons. The van der Waals surface area contributed by atoms with Crippen LogP contribution in [0.15, 0.2) is 30.5 Å². The molecule has 0 unspecified atom stereocenters. The molecular weight excluding hydrogens is 242 g/mol. The van der Waals surface area contributed by atoms with Crippen LogP contribution in [0.3, 0.4) is 0 Å². The van der Waals surface area contributed by atoms with Crippen molar-refractivity contribution in [1.29, 1.82) is 0 Å². The third-order valence-electron chi connectivity index (χ3n) is 2.81. The Bertz CT molecular complexity index is 635. The van der Waals surface area contributed by atoms with Crippen LogP contribution < -0.4 is 4.74 Å². The average molecular weight is 257 g/mol. The zero-order valence-corrected chi connectivity index (χ0v) is 11.1. The first kappa shape index (κ1) is 13.1. The Morgan fingerprint density at radius 3 is 2.47 bits per heavy atom. The minimum atomic E-state index is -0.992. The van der Waals surface area contributed by atoms with Gasteiger partial charge in [0, 0.05) is 11.8 Å². The SMILES string of the molecule is Cc1ccc(Oc2ncc(C(=O)O)cc2C)c(C)c1. The molecule has 4 nitrogen and oxygen atoms in total. The van der Waals surface area contributed by atoms with Gasteiger partial charge in [-0.25, -0.2) is 9.78 Å². The van der Waals surface area contributed by atoms with Crippen LogP contribution in [0.2, 0.25) is 0 Å². The molecule has 1 N–H and O–H groups in total. The summed E-state index contributed by atoms with van der Waals surface area (Å²) < 4.78 is 5.73. The molecule has 0 saturated carbocycles. The largest absolute Gasteiger partial charge is 0.478 e. The monoisotopic (exact) mass is 257 g/mol. The molecule has 4 heteroatoms. The van der Waals surface area contributed by atoms with E-state index in [1.807, 2.05) is 32.0 Å². The molecule has 0 radical (unpaired) electrons. The van der Waals surface area contributed by atoms with Crippen LogP contribution in [0.1, 0.15) is 27.0 Å². The average Bonchev–Trinajstić information content (AvgIpc) is 2.34. The number of pyridine rings is 1. The Kier molecular flexibility index (Phi) is 3.51. The van der Waals surface area contributed by atoms with Crippen molar-refractivity contribution in [2.45, 2.75) is 20.8 Å². The summed E-state index contributed by atoms with van der Waals surface area (Å²) in [5, 5.41) is 8.88. The number of nitrogens with zero attached hydrogens (tertiary/aromatic N) is 1. The fourth-order valence-corrected chi connectivity index (χ4v) is 1.80. The number of hydrogen-bond acceptors (Lipinski definition) is 3. The number of benzene rings is 1. The number of carboxylic acid groups (broad SMARTS) is 1. The predicted molar refractivity (Wildman–Crippen MR) is 71.9 cm³/mol. The molecule has 0 aliphatic rings. The predicted octanol–water partition coefficient (Wildman–Crippen LogP) is 3.50. The van der Waals surface area contributed by atoms with Gasteiger partial charge in [0.1, 0.15) is 5.75 Å². The van der Waals surface area contributed by atoms with Crippen molar-refractivity contribution in [3.05, 3.63) is 52.7 Å². The fourth-order valence-electron chi connectivity index (χ4n) is 1.80. The van der Waals surface area contributed by atoms with Crippen molar-refractivity contribution < 1.29 is 14.6 Å². The van der Waals surface area contributed by atoms with E-state index in [0.717, 1.165) is 16.9 Å². The first-order chi connectivity index (χ1) is 8.97. The Balaban J connectivity index is 2.31. The number of carbonyl (C=O) groups is 1. The van der Waals surface area contributed by atoms with Crippen LogP contribution in [0.5, 0.6) is 11.6 Å². The number of hydrogen-bond donors (Lipinski definition) is 1. The summed E-state index contributed by atoms with van der Waals surface area (Å²) in [4.78, 5) is 14.9. The number of aromatic carboxylic acids is 1. The highest BCUT2D eigenvalue weighted by molar-refractivity contribution is 5.87. The van der Waals surface area contributed by atoms with E-state index in [9.17, 15) is 4.79 Å². The highest BCUT2D eigenvalue weighted by atomic mass is 16.5. The Morgan fingerprint density at radius 2 is 1.89 bits per heavy atom. The van der Waals surface area contributed by atoms with E-state index in [0.29, 0.717) is 11.4 Å². The second-order valence-corrected chi connectivity index (χ2v) is 4.52. The minimum Gasteiger partial charge on any atom is -0.478 e. The van der Waals surface area contributed by atoms with Gasteiger partial charge in [-0.1, -0.05) is 17.7 Å². The summed E-state index contributed by atoms with van der Waals surface area (Å²) in [5.74, 6) is 0.162. The van der Waals surface area contributed by atoms with E-state index in [2.05, 4.69) is 4.98 Å². The summed E-state index contributed by atoms with van der Waals surface area (Å²) in [7, 11) is 0. The summed E-state index contributed by atoms with van der Waals surface area (Å²) >= 11 is 0. The first-order valence-electron chi connectivity index (χ1n) is 5.92. The molecule has 19 heavy (non-hydrogen) atoms. The van der Waals surface area contributed by atoms with Gasteiger partial charge in [0.2, 0.25) is 5.88 Å². The van der Waals surface area contributed by atoms with Gasteiger partial charge >= 0.3 is 5.97 Å². The molecule has 0 saturated heterocycles. The number of rotatable bonds is 3. The maximum atomic E-state index is 10.8. The summed E-state index contributed by atoms with van der Waals surface area (Å²) in [6.07, 6.45) is 1.30. The molecule has 1 aromatic carbocycles.